The molecule has 6 heteroatoms. The van der Waals surface area contributed by atoms with Crippen LogP contribution >= 0.6 is 11.6 Å². The molecule has 2 N–H and O–H groups in total. The maximum atomic E-state index is 12.3. The first-order valence-electron chi connectivity index (χ1n) is 6.39. The van der Waals surface area contributed by atoms with Gasteiger partial charge in [0.05, 0.1) is 0 Å². The molecule has 0 bridgehead atoms. The summed E-state index contributed by atoms with van der Waals surface area (Å²) in [6, 6.07) is 4.55. The van der Waals surface area contributed by atoms with E-state index < -0.39 is 6.61 Å². The normalized spacial score (nSPS) is 11.9. The molecule has 1 aromatic carbocycles. The molecule has 0 aliphatic rings. The van der Waals surface area contributed by atoms with E-state index in [1.54, 1.807) is 6.07 Å². The van der Waals surface area contributed by atoms with E-state index in [-0.39, 0.29) is 17.8 Å². The van der Waals surface area contributed by atoms with Gasteiger partial charge in [-0.1, -0.05) is 25.4 Å². The Bertz CT molecular complexity index is 428. The van der Waals surface area contributed by atoms with Crippen LogP contribution in [0, 0.1) is 5.41 Å². The molecule has 0 spiro atoms. The second kappa shape index (κ2) is 7.76. The Labute approximate surface area is 122 Å². The molecular formula is C14H20ClF2NO2. The number of rotatable bonds is 8. The summed E-state index contributed by atoms with van der Waals surface area (Å²) in [6.45, 7) is 2.31. The highest BCUT2D eigenvalue weighted by Crippen LogP contribution is 2.25. The second-order valence-electron chi connectivity index (χ2n) is 5.37. The van der Waals surface area contributed by atoms with Crippen molar-refractivity contribution < 1.29 is 18.6 Å². The van der Waals surface area contributed by atoms with Crippen molar-refractivity contribution in [1.29, 1.82) is 0 Å². The van der Waals surface area contributed by atoms with E-state index in [1.807, 2.05) is 13.8 Å². The van der Waals surface area contributed by atoms with Crippen molar-refractivity contribution >= 4 is 11.6 Å². The van der Waals surface area contributed by atoms with E-state index >= 15 is 0 Å². The number of alkyl halides is 2. The van der Waals surface area contributed by atoms with Gasteiger partial charge in [0.2, 0.25) is 0 Å². The Kier molecular flexibility index (Phi) is 6.65. The molecule has 3 nitrogen and oxygen atoms in total. The lowest BCUT2D eigenvalue weighted by atomic mass is 9.90. The highest BCUT2D eigenvalue weighted by molar-refractivity contribution is 6.30. The van der Waals surface area contributed by atoms with Crippen LogP contribution in [-0.4, -0.2) is 24.9 Å². The summed E-state index contributed by atoms with van der Waals surface area (Å²) in [5, 5.41) is 12.6. The number of benzene rings is 1. The number of ether oxygens (including phenoxy) is 1. The van der Waals surface area contributed by atoms with Gasteiger partial charge in [-0.05, 0) is 30.0 Å². The summed E-state index contributed by atoms with van der Waals surface area (Å²) in [4.78, 5) is 0. The molecule has 0 heterocycles. The lowest BCUT2D eigenvalue weighted by molar-refractivity contribution is -0.0505. The minimum absolute atomic E-state index is 0.0724. The minimum atomic E-state index is -2.86. The molecule has 0 saturated carbocycles. The van der Waals surface area contributed by atoms with Crippen LogP contribution < -0.4 is 10.1 Å². The molecule has 0 aromatic heterocycles. The lowest BCUT2D eigenvalue weighted by Gasteiger charge is -2.24. The molecule has 0 unspecified atom stereocenters. The molecular weight excluding hydrogens is 288 g/mol. The number of aliphatic hydroxyl groups excluding tert-OH is 1. The molecule has 0 atom stereocenters. The van der Waals surface area contributed by atoms with Crippen molar-refractivity contribution in [3.05, 3.63) is 28.8 Å². The van der Waals surface area contributed by atoms with E-state index in [0.717, 1.165) is 0 Å². The summed E-state index contributed by atoms with van der Waals surface area (Å²) in [5.41, 5.74) is 0.509. The van der Waals surface area contributed by atoms with Gasteiger partial charge in [-0.2, -0.15) is 8.78 Å². The lowest BCUT2D eigenvalue weighted by Crippen LogP contribution is -2.30. The fourth-order valence-electron chi connectivity index (χ4n) is 1.82. The maximum absolute atomic E-state index is 12.3. The van der Waals surface area contributed by atoms with Crippen LogP contribution in [0.15, 0.2) is 18.2 Å². The summed E-state index contributed by atoms with van der Waals surface area (Å²) >= 11 is 5.87. The van der Waals surface area contributed by atoms with Gasteiger partial charge in [-0.3, -0.25) is 0 Å². The Morgan fingerprint density at radius 1 is 1.40 bits per heavy atom. The van der Waals surface area contributed by atoms with Gasteiger partial charge in [-0.15, -0.1) is 0 Å². The van der Waals surface area contributed by atoms with Crippen molar-refractivity contribution in [2.45, 2.75) is 33.4 Å². The minimum Gasteiger partial charge on any atom is -0.434 e. The van der Waals surface area contributed by atoms with Crippen LogP contribution in [0.4, 0.5) is 8.78 Å². The molecule has 1 aromatic rings. The standard InChI is InChI=1S/C14H20ClF2NO2/c1-14(2,5-6-19)9-18-8-10-7-11(15)3-4-12(10)20-13(16)17/h3-4,7,13,18-19H,5-6,8-9H2,1-2H3. The van der Waals surface area contributed by atoms with Gasteiger partial charge in [0.1, 0.15) is 5.75 Å². The Balaban J connectivity index is 2.64. The van der Waals surface area contributed by atoms with E-state index in [9.17, 15) is 8.78 Å². The zero-order valence-electron chi connectivity index (χ0n) is 11.6. The average molecular weight is 308 g/mol. The fraction of sp³-hybridized carbons (Fsp3) is 0.571. The van der Waals surface area contributed by atoms with Crippen LogP contribution in [0.3, 0.4) is 0 Å². The van der Waals surface area contributed by atoms with Crippen molar-refractivity contribution in [3.8, 4) is 5.75 Å². The van der Waals surface area contributed by atoms with Gasteiger partial charge in [0.15, 0.2) is 0 Å². The van der Waals surface area contributed by atoms with Gasteiger partial charge in [0.25, 0.3) is 0 Å². The van der Waals surface area contributed by atoms with Gasteiger partial charge in [0, 0.05) is 30.3 Å². The Morgan fingerprint density at radius 3 is 2.70 bits per heavy atom. The van der Waals surface area contributed by atoms with E-state index in [1.165, 1.54) is 12.1 Å². The first-order valence-corrected chi connectivity index (χ1v) is 6.77. The van der Waals surface area contributed by atoms with Crippen molar-refractivity contribution in [3.63, 3.8) is 0 Å². The molecule has 20 heavy (non-hydrogen) atoms. The monoisotopic (exact) mass is 307 g/mol. The highest BCUT2D eigenvalue weighted by atomic mass is 35.5. The Morgan fingerprint density at radius 2 is 2.10 bits per heavy atom. The predicted molar refractivity (Wildman–Crippen MR) is 75.3 cm³/mol. The van der Waals surface area contributed by atoms with Crippen LogP contribution in [0.1, 0.15) is 25.8 Å². The molecule has 0 fully saturated rings. The first kappa shape index (κ1) is 17.1. The number of halogens is 3. The van der Waals surface area contributed by atoms with Gasteiger partial charge in [-0.25, -0.2) is 0 Å². The molecule has 0 aliphatic carbocycles. The largest absolute Gasteiger partial charge is 0.434 e. The molecule has 1 rings (SSSR count). The van der Waals surface area contributed by atoms with Crippen molar-refractivity contribution in [2.24, 2.45) is 5.41 Å². The van der Waals surface area contributed by atoms with Crippen LogP contribution in [-0.2, 0) is 6.54 Å². The Hall–Kier alpha value is -0.910. The fourth-order valence-corrected chi connectivity index (χ4v) is 2.02. The third-order valence-electron chi connectivity index (χ3n) is 2.95. The number of aliphatic hydroxyl groups is 1. The second-order valence-corrected chi connectivity index (χ2v) is 5.81. The third kappa shape index (κ3) is 6.03. The van der Waals surface area contributed by atoms with Gasteiger partial charge >= 0.3 is 6.61 Å². The SMILES string of the molecule is CC(C)(CCO)CNCc1cc(Cl)ccc1OC(F)F. The molecule has 0 radical (unpaired) electrons. The smallest absolute Gasteiger partial charge is 0.387 e. The summed E-state index contributed by atoms with van der Waals surface area (Å²) in [6.07, 6.45) is 0.663. The number of nitrogens with one attached hydrogen (secondary N) is 1. The van der Waals surface area contributed by atoms with Crippen LogP contribution in [0.2, 0.25) is 5.02 Å². The molecule has 0 amide bonds. The summed E-state index contributed by atoms with van der Waals surface area (Å²) in [7, 11) is 0. The quantitative estimate of drug-likeness (QED) is 0.773. The number of hydrogen-bond donors (Lipinski definition) is 2. The first-order chi connectivity index (χ1) is 9.34. The highest BCUT2D eigenvalue weighted by Gasteiger charge is 2.17. The molecule has 0 aliphatic heterocycles. The van der Waals surface area contributed by atoms with Gasteiger partial charge < -0.3 is 15.2 Å². The third-order valence-corrected chi connectivity index (χ3v) is 3.18. The van der Waals surface area contributed by atoms with Crippen LogP contribution in [0.25, 0.3) is 0 Å². The molecule has 0 saturated heterocycles. The van der Waals surface area contributed by atoms with E-state index in [0.29, 0.717) is 30.1 Å². The zero-order valence-corrected chi connectivity index (χ0v) is 12.4. The van der Waals surface area contributed by atoms with E-state index in [4.69, 9.17) is 16.7 Å². The van der Waals surface area contributed by atoms with Crippen molar-refractivity contribution in [2.75, 3.05) is 13.2 Å². The summed E-state index contributed by atoms with van der Waals surface area (Å²) < 4.78 is 29.1. The summed E-state index contributed by atoms with van der Waals surface area (Å²) in [5.74, 6) is 0.122. The maximum Gasteiger partial charge on any atom is 0.387 e. The number of hydrogen-bond acceptors (Lipinski definition) is 3. The molecule has 114 valence electrons. The van der Waals surface area contributed by atoms with Crippen LogP contribution in [0.5, 0.6) is 5.75 Å². The topological polar surface area (TPSA) is 41.5 Å². The van der Waals surface area contributed by atoms with Crippen molar-refractivity contribution in [1.82, 2.24) is 5.32 Å². The average Bonchev–Trinajstić information content (AvgIpc) is 2.31. The predicted octanol–water partition coefficient (Wildman–Crippen LogP) is 3.44. The zero-order chi connectivity index (χ0) is 15.2. The van der Waals surface area contributed by atoms with E-state index in [2.05, 4.69) is 10.1 Å².